The second kappa shape index (κ2) is 11.3. The monoisotopic (exact) mass is 646 g/mol. The van der Waals surface area contributed by atoms with Gasteiger partial charge in [0, 0.05) is 30.4 Å². The van der Waals surface area contributed by atoms with E-state index in [0.717, 1.165) is 17.0 Å². The first-order chi connectivity index (χ1) is 20.2. The van der Waals surface area contributed by atoms with Gasteiger partial charge in [-0.3, -0.25) is 4.57 Å². The summed E-state index contributed by atoms with van der Waals surface area (Å²) in [6, 6.07) is 25.2. The third-order valence-electron chi connectivity index (χ3n) is 8.36. The van der Waals surface area contributed by atoms with E-state index in [1.165, 1.54) is 51.7 Å². The highest BCUT2D eigenvalue weighted by molar-refractivity contribution is 8.33. The van der Waals surface area contributed by atoms with Crippen LogP contribution >= 0.6 is 42.7 Å². The summed E-state index contributed by atoms with van der Waals surface area (Å²) >= 11 is 4.01. The highest BCUT2D eigenvalue weighted by Gasteiger charge is 2.26. The number of nitrogens with zero attached hydrogens (tertiary/aromatic N) is 2. The molecule has 3 aromatic carbocycles. The quantitative estimate of drug-likeness (QED) is 0.161. The molecule has 0 aliphatic carbocycles. The predicted octanol–water partition coefficient (Wildman–Crippen LogP) is 12.0. The van der Waals surface area contributed by atoms with Gasteiger partial charge in [-0.1, -0.05) is 70.2 Å². The fourth-order valence-electron chi connectivity index (χ4n) is 6.09. The predicted molar refractivity (Wildman–Crippen MR) is 202 cm³/mol. The molecule has 0 amide bonds. The SMILES string of the molecule is CC(C)CC(c1ccc(-c2nc3c4cc(S(C)(C)C)sc4c4sc(S(C)(C)C)cc4c3n2-c2ccccc2)cc1)C(C)C. The molecule has 0 radical (unpaired) electrons. The Morgan fingerprint density at radius 2 is 1.28 bits per heavy atom. The number of rotatable bonds is 8. The van der Waals surface area contributed by atoms with E-state index in [2.05, 4.69) is 137 Å². The first kappa shape index (κ1) is 30.8. The lowest BCUT2D eigenvalue weighted by atomic mass is 9.82. The Bertz CT molecular complexity index is 1910. The van der Waals surface area contributed by atoms with E-state index < -0.39 is 20.1 Å². The van der Waals surface area contributed by atoms with Crippen LogP contribution in [-0.4, -0.2) is 47.1 Å². The number of benzene rings is 3. The van der Waals surface area contributed by atoms with E-state index in [0.29, 0.717) is 17.8 Å². The lowest BCUT2D eigenvalue weighted by Crippen LogP contribution is -2.10. The summed E-state index contributed by atoms with van der Waals surface area (Å²) in [4.78, 5) is 5.55. The molecule has 3 heterocycles. The molecule has 3 aromatic heterocycles. The molecule has 228 valence electrons. The summed E-state index contributed by atoms with van der Waals surface area (Å²) < 4.78 is 8.28. The Labute approximate surface area is 269 Å². The molecule has 6 heteroatoms. The Morgan fingerprint density at radius 3 is 1.81 bits per heavy atom. The van der Waals surface area contributed by atoms with E-state index in [1.807, 2.05) is 22.7 Å². The van der Waals surface area contributed by atoms with Crippen molar-refractivity contribution in [1.29, 1.82) is 0 Å². The fraction of sp³-hybridized carbons (Fsp3) is 0.378. The van der Waals surface area contributed by atoms with E-state index in [9.17, 15) is 0 Å². The Hall–Kier alpha value is -2.25. The second-order valence-corrected chi connectivity index (χ2v) is 25.0. The topological polar surface area (TPSA) is 17.8 Å². The molecule has 0 saturated carbocycles. The Kier molecular flexibility index (Phi) is 8.07. The summed E-state index contributed by atoms with van der Waals surface area (Å²) in [5, 5.41) is 2.66. The smallest absolute Gasteiger partial charge is 0.145 e. The van der Waals surface area contributed by atoms with Crippen LogP contribution in [0.25, 0.3) is 48.3 Å². The minimum absolute atomic E-state index is 0.564. The summed E-state index contributed by atoms with van der Waals surface area (Å²) in [5.41, 5.74) is 6.14. The van der Waals surface area contributed by atoms with Gasteiger partial charge in [0.2, 0.25) is 0 Å². The molecule has 0 saturated heterocycles. The summed E-state index contributed by atoms with van der Waals surface area (Å²) in [6.07, 6.45) is 15.7. The van der Waals surface area contributed by atoms with Crippen LogP contribution in [0.4, 0.5) is 0 Å². The third-order valence-corrected chi connectivity index (χ3v) is 16.5. The van der Waals surface area contributed by atoms with Crippen LogP contribution in [-0.2, 0) is 0 Å². The summed E-state index contributed by atoms with van der Waals surface area (Å²) in [7, 11) is -1.74. The molecule has 6 aromatic rings. The van der Waals surface area contributed by atoms with Gasteiger partial charge in [0.1, 0.15) is 5.82 Å². The minimum Gasteiger partial charge on any atom is -0.292 e. The third kappa shape index (κ3) is 5.69. The first-order valence-corrected chi connectivity index (χ1v) is 22.5. The van der Waals surface area contributed by atoms with Crippen LogP contribution in [0.3, 0.4) is 0 Å². The van der Waals surface area contributed by atoms with Crippen molar-refractivity contribution in [1.82, 2.24) is 9.55 Å². The number of aromatic nitrogens is 2. The first-order valence-electron chi connectivity index (χ1n) is 15.2. The van der Waals surface area contributed by atoms with Crippen LogP contribution in [0.15, 0.2) is 75.1 Å². The molecular weight excluding hydrogens is 601 g/mol. The maximum atomic E-state index is 5.55. The number of fused-ring (bicyclic) bond motifs is 6. The maximum absolute atomic E-state index is 5.55. The van der Waals surface area contributed by atoms with Crippen LogP contribution in [0, 0.1) is 11.8 Å². The maximum Gasteiger partial charge on any atom is 0.145 e. The normalized spacial score (nSPS) is 14.5. The van der Waals surface area contributed by atoms with E-state index >= 15 is 0 Å². The highest BCUT2D eigenvalue weighted by atomic mass is 32.3. The van der Waals surface area contributed by atoms with Crippen molar-refractivity contribution >= 4 is 73.9 Å². The van der Waals surface area contributed by atoms with Gasteiger partial charge < -0.3 is 0 Å². The molecule has 1 atom stereocenters. The van der Waals surface area contributed by atoms with Crippen LogP contribution in [0.5, 0.6) is 0 Å². The van der Waals surface area contributed by atoms with Crippen molar-refractivity contribution in [2.45, 2.75) is 48.5 Å². The van der Waals surface area contributed by atoms with E-state index in [1.54, 1.807) is 0 Å². The van der Waals surface area contributed by atoms with Crippen molar-refractivity contribution in [3.05, 3.63) is 72.3 Å². The Balaban J connectivity index is 1.68. The van der Waals surface area contributed by atoms with Gasteiger partial charge in [-0.15, -0.1) is 22.7 Å². The molecule has 0 spiro atoms. The van der Waals surface area contributed by atoms with Crippen molar-refractivity contribution in [2.24, 2.45) is 11.8 Å². The standard InChI is InChI=1S/C37H46N2S4/c1-23(2)20-28(24(3)4)25-16-18-26(19-17-25)37-38-33-29-21-31(42(5,6)7)40-35(29)36-30(22-32(41-36)43(8,9)10)34(33)39(37)27-14-12-11-13-15-27/h11-19,21-24,28H,20H2,1-10H3. The number of para-hydroxylation sites is 1. The number of hydrogen-bond acceptors (Lipinski definition) is 3. The minimum atomic E-state index is -0.877. The molecule has 6 rings (SSSR count). The molecule has 0 fully saturated rings. The highest BCUT2D eigenvalue weighted by Crippen LogP contribution is 2.57. The van der Waals surface area contributed by atoms with Gasteiger partial charge in [-0.25, -0.2) is 25.0 Å². The van der Waals surface area contributed by atoms with Gasteiger partial charge >= 0.3 is 0 Å². The van der Waals surface area contributed by atoms with Crippen LogP contribution in [0.1, 0.15) is 45.6 Å². The van der Waals surface area contributed by atoms with Gasteiger partial charge in [-0.05, 0) is 91.5 Å². The molecule has 43 heavy (non-hydrogen) atoms. The molecule has 0 bridgehead atoms. The zero-order chi connectivity index (χ0) is 30.8. The number of imidazole rings is 1. The molecule has 0 aliphatic heterocycles. The number of hydrogen-bond donors (Lipinski definition) is 0. The van der Waals surface area contributed by atoms with Gasteiger partial charge in [0.25, 0.3) is 0 Å². The molecule has 0 aliphatic rings. The van der Waals surface area contributed by atoms with Gasteiger partial charge in [0.15, 0.2) is 0 Å². The fourth-order valence-corrected chi connectivity index (χ4v) is 11.5. The zero-order valence-electron chi connectivity index (χ0n) is 27.3. The van der Waals surface area contributed by atoms with Crippen molar-refractivity contribution in [2.75, 3.05) is 37.5 Å². The Morgan fingerprint density at radius 1 is 0.721 bits per heavy atom. The van der Waals surface area contributed by atoms with Crippen molar-refractivity contribution in [3.63, 3.8) is 0 Å². The second-order valence-electron chi connectivity index (χ2n) is 14.2. The van der Waals surface area contributed by atoms with E-state index in [4.69, 9.17) is 4.98 Å². The van der Waals surface area contributed by atoms with Crippen molar-refractivity contribution in [3.8, 4) is 17.1 Å². The lowest BCUT2D eigenvalue weighted by Gasteiger charge is -2.23. The molecule has 2 nitrogen and oxygen atoms in total. The van der Waals surface area contributed by atoms with Crippen LogP contribution < -0.4 is 0 Å². The summed E-state index contributed by atoms with van der Waals surface area (Å²) in [6.45, 7) is 9.38. The number of thiophene rings is 2. The average molecular weight is 647 g/mol. The molecule has 0 N–H and O–H groups in total. The van der Waals surface area contributed by atoms with Crippen LogP contribution in [0.2, 0.25) is 0 Å². The molecular formula is C37H46N2S4. The van der Waals surface area contributed by atoms with Gasteiger partial charge in [0.05, 0.1) is 20.4 Å². The van der Waals surface area contributed by atoms with E-state index in [-0.39, 0.29) is 0 Å². The average Bonchev–Trinajstić information content (AvgIpc) is 3.66. The van der Waals surface area contributed by atoms with Gasteiger partial charge in [-0.2, -0.15) is 0 Å². The molecule has 1 unspecified atom stereocenters. The largest absolute Gasteiger partial charge is 0.292 e. The van der Waals surface area contributed by atoms with Crippen molar-refractivity contribution < 1.29 is 0 Å². The summed E-state index contributed by atoms with van der Waals surface area (Å²) in [5.74, 6) is 2.88. The lowest BCUT2D eigenvalue weighted by molar-refractivity contribution is 0.408. The zero-order valence-corrected chi connectivity index (χ0v) is 30.6.